The maximum Gasteiger partial charge on any atom is 0.266 e. The predicted octanol–water partition coefficient (Wildman–Crippen LogP) is 0.247. The van der Waals surface area contributed by atoms with Gasteiger partial charge < -0.3 is 20.8 Å². The lowest BCUT2D eigenvalue weighted by molar-refractivity contribution is -0.0597. The van der Waals surface area contributed by atoms with Crippen LogP contribution in [0, 0.1) is 0 Å². The fraction of sp³-hybridized carbons (Fsp3) is 0.667. The quantitative estimate of drug-likeness (QED) is 0.739. The highest BCUT2D eigenvalue weighted by Crippen LogP contribution is 2.26. The zero-order valence-electron chi connectivity index (χ0n) is 10.9. The van der Waals surface area contributed by atoms with E-state index < -0.39 is 5.60 Å². The molecule has 1 aromatic rings. The van der Waals surface area contributed by atoms with Gasteiger partial charge in [0, 0.05) is 6.54 Å². The second kappa shape index (κ2) is 5.44. The number of rotatable bonds is 3. The maximum absolute atomic E-state index is 12.4. The topological polar surface area (TPSA) is 99.7 Å². The van der Waals surface area contributed by atoms with Crippen LogP contribution in [0.4, 0.5) is 5.13 Å². The number of anilines is 1. The number of piperidine rings is 1. The molecule has 1 amide bonds. The van der Waals surface area contributed by atoms with Crippen molar-refractivity contribution >= 4 is 22.4 Å². The molecule has 6 nitrogen and oxygen atoms in total. The van der Waals surface area contributed by atoms with Crippen molar-refractivity contribution in [1.29, 1.82) is 0 Å². The highest BCUT2D eigenvalue weighted by atomic mass is 32.1. The van der Waals surface area contributed by atoms with Crippen LogP contribution in [0.3, 0.4) is 0 Å². The van der Waals surface area contributed by atoms with Crippen LogP contribution in [-0.4, -0.2) is 51.3 Å². The Kier molecular flexibility index (Phi) is 4.07. The Bertz CT molecular complexity index is 477. The minimum atomic E-state index is -1.18. The summed E-state index contributed by atoms with van der Waals surface area (Å²) < 4.78 is 0. The molecular weight excluding hydrogens is 266 g/mol. The summed E-state index contributed by atoms with van der Waals surface area (Å²) >= 11 is 1.18. The Hall–Kier alpha value is -1.18. The van der Waals surface area contributed by atoms with Gasteiger partial charge in [0.25, 0.3) is 5.91 Å². The van der Waals surface area contributed by atoms with Gasteiger partial charge in [-0.15, -0.1) is 0 Å². The molecule has 2 rings (SSSR count). The zero-order valence-corrected chi connectivity index (χ0v) is 11.7. The van der Waals surface area contributed by atoms with Crippen molar-refractivity contribution in [3.63, 3.8) is 0 Å². The molecule has 4 N–H and O–H groups in total. The Balaban J connectivity index is 2.19. The van der Waals surface area contributed by atoms with Crippen molar-refractivity contribution in [3.05, 3.63) is 10.6 Å². The van der Waals surface area contributed by atoms with Crippen LogP contribution in [0.25, 0.3) is 0 Å². The van der Waals surface area contributed by atoms with E-state index in [1.54, 1.807) is 4.90 Å². The van der Waals surface area contributed by atoms with Gasteiger partial charge in [0.15, 0.2) is 5.13 Å². The summed E-state index contributed by atoms with van der Waals surface area (Å²) in [6.07, 6.45) is 1.84. The number of aromatic nitrogens is 1. The van der Waals surface area contributed by atoms with Crippen molar-refractivity contribution in [2.45, 2.75) is 31.8 Å². The number of aliphatic hydroxyl groups is 2. The van der Waals surface area contributed by atoms with Crippen LogP contribution < -0.4 is 5.73 Å². The van der Waals surface area contributed by atoms with E-state index in [0.29, 0.717) is 41.5 Å². The monoisotopic (exact) mass is 285 g/mol. The van der Waals surface area contributed by atoms with Crippen LogP contribution in [-0.2, 0) is 6.42 Å². The van der Waals surface area contributed by atoms with E-state index in [4.69, 9.17) is 5.73 Å². The molecule has 1 aliphatic heterocycles. The van der Waals surface area contributed by atoms with Crippen molar-refractivity contribution in [1.82, 2.24) is 9.88 Å². The number of carbonyl (C=O) groups is 1. The molecule has 106 valence electrons. The second-order valence-electron chi connectivity index (χ2n) is 4.89. The van der Waals surface area contributed by atoms with E-state index in [1.165, 1.54) is 11.3 Å². The Morgan fingerprint density at radius 3 is 3.00 bits per heavy atom. The highest BCUT2D eigenvalue weighted by Gasteiger charge is 2.35. The second-order valence-corrected chi connectivity index (χ2v) is 5.92. The van der Waals surface area contributed by atoms with Crippen LogP contribution >= 0.6 is 11.3 Å². The first-order valence-electron chi connectivity index (χ1n) is 6.37. The molecule has 1 aliphatic rings. The van der Waals surface area contributed by atoms with Gasteiger partial charge in [-0.3, -0.25) is 4.79 Å². The number of carbonyl (C=O) groups excluding carboxylic acids is 1. The lowest BCUT2D eigenvalue weighted by Gasteiger charge is -2.37. The summed E-state index contributed by atoms with van der Waals surface area (Å²) in [6.45, 7) is 2.33. The maximum atomic E-state index is 12.4. The molecule has 1 atom stereocenters. The molecule has 0 saturated carbocycles. The van der Waals surface area contributed by atoms with Gasteiger partial charge in [-0.05, 0) is 19.3 Å². The fourth-order valence-electron chi connectivity index (χ4n) is 2.34. The molecule has 0 radical (unpaired) electrons. The first kappa shape index (κ1) is 14.2. The SMILES string of the molecule is CCc1nc(N)sc1C(=O)N1CCCC(O)(CO)C1. The van der Waals surface area contributed by atoms with Crippen LogP contribution in [0.15, 0.2) is 0 Å². The third-order valence-electron chi connectivity index (χ3n) is 3.38. The van der Waals surface area contributed by atoms with E-state index in [1.807, 2.05) is 6.92 Å². The predicted molar refractivity (Wildman–Crippen MR) is 73.1 cm³/mol. The summed E-state index contributed by atoms with van der Waals surface area (Å²) in [5.41, 5.74) is 5.16. The summed E-state index contributed by atoms with van der Waals surface area (Å²) in [7, 11) is 0. The lowest BCUT2D eigenvalue weighted by Crippen LogP contribution is -2.52. The Morgan fingerprint density at radius 1 is 1.63 bits per heavy atom. The summed E-state index contributed by atoms with van der Waals surface area (Å²) in [5.74, 6) is -0.155. The molecule has 0 aliphatic carbocycles. The normalized spacial score (nSPS) is 23.6. The third kappa shape index (κ3) is 2.88. The molecule has 1 fully saturated rings. The molecule has 0 spiro atoms. The number of nitrogens with two attached hydrogens (primary N) is 1. The van der Waals surface area contributed by atoms with E-state index in [-0.39, 0.29) is 19.1 Å². The van der Waals surface area contributed by atoms with Gasteiger partial charge in [-0.25, -0.2) is 4.98 Å². The van der Waals surface area contributed by atoms with Gasteiger partial charge in [-0.1, -0.05) is 18.3 Å². The molecule has 19 heavy (non-hydrogen) atoms. The van der Waals surface area contributed by atoms with E-state index in [2.05, 4.69) is 4.98 Å². The van der Waals surface area contributed by atoms with Gasteiger partial charge in [0.05, 0.1) is 18.8 Å². The average molecular weight is 285 g/mol. The van der Waals surface area contributed by atoms with Gasteiger partial charge >= 0.3 is 0 Å². The summed E-state index contributed by atoms with van der Waals surface area (Å²) in [4.78, 5) is 18.7. The number of aryl methyl sites for hydroxylation is 1. The summed E-state index contributed by atoms with van der Waals surface area (Å²) in [6, 6.07) is 0. The zero-order chi connectivity index (χ0) is 14.0. The third-order valence-corrected chi connectivity index (χ3v) is 4.29. The molecule has 2 heterocycles. The first-order valence-corrected chi connectivity index (χ1v) is 7.18. The Morgan fingerprint density at radius 2 is 2.37 bits per heavy atom. The largest absolute Gasteiger partial charge is 0.393 e. The van der Waals surface area contributed by atoms with E-state index in [9.17, 15) is 15.0 Å². The number of β-amino-alcohol motifs (C(OH)–C–C–N with tert-alkyl or cyclic N) is 1. The standard InChI is InChI=1S/C12H19N3O3S/c1-2-8-9(19-11(13)14-8)10(17)15-5-3-4-12(18,6-15)7-16/h16,18H,2-7H2,1H3,(H2,13,14). The fourth-order valence-corrected chi connectivity index (χ4v) is 3.22. The molecule has 1 unspecified atom stereocenters. The number of hydrogen-bond donors (Lipinski definition) is 3. The molecular formula is C12H19N3O3S. The van der Waals surface area contributed by atoms with Gasteiger partial charge in [-0.2, -0.15) is 0 Å². The molecule has 7 heteroatoms. The van der Waals surface area contributed by atoms with Crippen LogP contribution in [0.5, 0.6) is 0 Å². The minimum absolute atomic E-state index is 0.155. The van der Waals surface area contributed by atoms with Crippen LogP contribution in [0.1, 0.15) is 35.1 Å². The average Bonchev–Trinajstić information content (AvgIpc) is 2.79. The van der Waals surface area contributed by atoms with Crippen molar-refractivity contribution in [2.24, 2.45) is 0 Å². The van der Waals surface area contributed by atoms with Gasteiger partial charge in [0.2, 0.25) is 0 Å². The summed E-state index contributed by atoms with van der Waals surface area (Å²) in [5, 5.41) is 19.7. The van der Waals surface area contributed by atoms with Crippen molar-refractivity contribution in [2.75, 3.05) is 25.4 Å². The number of nitrogens with zero attached hydrogens (tertiary/aromatic N) is 2. The van der Waals surface area contributed by atoms with Crippen molar-refractivity contribution < 1.29 is 15.0 Å². The number of hydrogen-bond acceptors (Lipinski definition) is 6. The Labute approximate surface area is 115 Å². The number of thiazole rings is 1. The van der Waals surface area contributed by atoms with Crippen molar-refractivity contribution in [3.8, 4) is 0 Å². The lowest BCUT2D eigenvalue weighted by atomic mass is 9.93. The molecule has 0 bridgehead atoms. The molecule has 1 saturated heterocycles. The highest BCUT2D eigenvalue weighted by molar-refractivity contribution is 7.17. The molecule has 0 aromatic carbocycles. The smallest absolute Gasteiger partial charge is 0.266 e. The van der Waals surface area contributed by atoms with E-state index >= 15 is 0 Å². The number of nitrogen functional groups attached to an aromatic ring is 1. The first-order chi connectivity index (χ1) is 8.99. The van der Waals surface area contributed by atoms with Crippen LogP contribution in [0.2, 0.25) is 0 Å². The van der Waals surface area contributed by atoms with Gasteiger partial charge in [0.1, 0.15) is 10.5 Å². The minimum Gasteiger partial charge on any atom is -0.393 e. The number of likely N-dealkylation sites (tertiary alicyclic amines) is 1. The number of amides is 1. The molecule has 1 aromatic heterocycles. The number of aliphatic hydroxyl groups excluding tert-OH is 1. The van der Waals surface area contributed by atoms with E-state index in [0.717, 1.165) is 0 Å².